The highest BCUT2D eigenvalue weighted by Gasteiger charge is 2.44. The van der Waals surface area contributed by atoms with Crippen molar-refractivity contribution < 1.29 is 8.42 Å². The molecule has 1 fully saturated rings. The molecule has 0 aromatic heterocycles. The van der Waals surface area contributed by atoms with Crippen molar-refractivity contribution in [3.05, 3.63) is 0 Å². The third kappa shape index (κ3) is 3.45. The van der Waals surface area contributed by atoms with Gasteiger partial charge < -0.3 is 5.32 Å². The smallest absolute Gasteiger partial charge is 0.153 e. The summed E-state index contributed by atoms with van der Waals surface area (Å²) in [5.41, 5.74) is 0.460. The summed E-state index contributed by atoms with van der Waals surface area (Å²) >= 11 is 0. The van der Waals surface area contributed by atoms with Crippen molar-refractivity contribution in [2.24, 2.45) is 11.3 Å². The first-order chi connectivity index (χ1) is 7.30. The van der Waals surface area contributed by atoms with Crippen LogP contribution in [0.1, 0.15) is 40.5 Å². The predicted octanol–water partition coefficient (Wildman–Crippen LogP) is 1.84. The Balaban J connectivity index is 2.23. The van der Waals surface area contributed by atoms with Gasteiger partial charge in [-0.25, -0.2) is 8.42 Å². The molecular weight excluding hydrogens is 222 g/mol. The lowest BCUT2D eigenvalue weighted by molar-refractivity contribution is 0.341. The molecule has 0 saturated heterocycles. The van der Waals surface area contributed by atoms with Crippen LogP contribution in [0.25, 0.3) is 0 Å². The van der Waals surface area contributed by atoms with Crippen LogP contribution in [0.2, 0.25) is 0 Å². The Kier molecular flexibility index (Phi) is 4.41. The van der Waals surface area contributed by atoms with E-state index in [1.165, 1.54) is 12.8 Å². The van der Waals surface area contributed by atoms with Gasteiger partial charge in [0.05, 0.1) is 11.0 Å². The average Bonchev–Trinajstić information content (AvgIpc) is 2.93. The van der Waals surface area contributed by atoms with E-state index in [1.54, 1.807) is 13.8 Å². The summed E-state index contributed by atoms with van der Waals surface area (Å²) in [6, 6.07) is 0. The number of nitrogens with one attached hydrogen (secondary N) is 1. The van der Waals surface area contributed by atoms with Crippen LogP contribution in [0.5, 0.6) is 0 Å². The first kappa shape index (κ1) is 14.0. The normalized spacial score (nSPS) is 19.4. The quantitative estimate of drug-likeness (QED) is 0.698. The molecule has 96 valence electrons. The zero-order chi connectivity index (χ0) is 12.4. The van der Waals surface area contributed by atoms with E-state index >= 15 is 0 Å². The first-order valence-corrected chi connectivity index (χ1v) is 7.94. The van der Waals surface area contributed by atoms with Crippen LogP contribution in [0.4, 0.5) is 0 Å². The van der Waals surface area contributed by atoms with Gasteiger partial charge in [-0.05, 0) is 38.0 Å². The molecule has 0 amide bonds. The maximum atomic E-state index is 11.6. The molecule has 0 atom stereocenters. The third-order valence-electron chi connectivity index (χ3n) is 3.88. The molecule has 1 N–H and O–H groups in total. The Labute approximate surface area is 99.9 Å². The van der Waals surface area contributed by atoms with Crippen LogP contribution < -0.4 is 5.32 Å². The van der Waals surface area contributed by atoms with Crippen LogP contribution in [0, 0.1) is 11.3 Å². The lowest BCUT2D eigenvalue weighted by Gasteiger charge is -2.20. The molecule has 0 bridgehead atoms. The van der Waals surface area contributed by atoms with Gasteiger partial charge in [0.2, 0.25) is 0 Å². The van der Waals surface area contributed by atoms with Crippen LogP contribution in [-0.4, -0.2) is 32.5 Å². The molecule has 0 spiro atoms. The second-order valence-electron chi connectivity index (χ2n) is 5.61. The molecule has 3 nitrogen and oxygen atoms in total. The minimum atomic E-state index is -2.88. The second kappa shape index (κ2) is 5.05. The molecule has 1 rings (SSSR count). The summed E-state index contributed by atoms with van der Waals surface area (Å²) in [6.07, 6.45) is 2.57. The largest absolute Gasteiger partial charge is 0.315 e. The molecule has 0 aromatic carbocycles. The van der Waals surface area contributed by atoms with Crippen molar-refractivity contribution in [1.29, 1.82) is 0 Å². The highest BCUT2D eigenvalue weighted by molar-refractivity contribution is 7.92. The highest BCUT2D eigenvalue weighted by atomic mass is 32.2. The van der Waals surface area contributed by atoms with Gasteiger partial charge in [0.1, 0.15) is 0 Å². The van der Waals surface area contributed by atoms with Gasteiger partial charge in [0, 0.05) is 13.1 Å². The number of sulfone groups is 1. The number of hydrogen-bond donors (Lipinski definition) is 1. The molecule has 0 radical (unpaired) electrons. The molecule has 16 heavy (non-hydrogen) atoms. The maximum absolute atomic E-state index is 11.6. The predicted molar refractivity (Wildman–Crippen MR) is 68.3 cm³/mol. The Morgan fingerprint density at radius 1 is 1.19 bits per heavy atom. The fourth-order valence-electron chi connectivity index (χ4n) is 1.91. The Hall–Kier alpha value is -0.0900. The number of hydrogen-bond acceptors (Lipinski definition) is 3. The summed E-state index contributed by atoms with van der Waals surface area (Å²) in [6.45, 7) is 9.55. The summed E-state index contributed by atoms with van der Waals surface area (Å²) in [5.74, 6) is 0.959. The van der Waals surface area contributed by atoms with E-state index in [9.17, 15) is 8.42 Å². The van der Waals surface area contributed by atoms with Crippen LogP contribution in [0.3, 0.4) is 0 Å². The van der Waals surface area contributed by atoms with E-state index in [0.29, 0.717) is 17.9 Å². The molecular formula is C12H25NO2S. The van der Waals surface area contributed by atoms with E-state index in [1.807, 2.05) is 0 Å². The van der Waals surface area contributed by atoms with Crippen molar-refractivity contribution in [2.75, 3.05) is 18.8 Å². The van der Waals surface area contributed by atoms with E-state index < -0.39 is 9.84 Å². The van der Waals surface area contributed by atoms with E-state index in [4.69, 9.17) is 0 Å². The average molecular weight is 247 g/mol. The molecule has 4 heteroatoms. The second-order valence-corrected chi connectivity index (χ2v) is 8.29. The van der Waals surface area contributed by atoms with E-state index in [-0.39, 0.29) is 11.0 Å². The molecule has 1 aliphatic rings. The van der Waals surface area contributed by atoms with Gasteiger partial charge in [0.25, 0.3) is 0 Å². The monoisotopic (exact) mass is 247 g/mol. The van der Waals surface area contributed by atoms with Crippen molar-refractivity contribution in [1.82, 2.24) is 5.32 Å². The van der Waals surface area contributed by atoms with Gasteiger partial charge in [-0.1, -0.05) is 13.8 Å². The van der Waals surface area contributed by atoms with Crippen LogP contribution >= 0.6 is 0 Å². The van der Waals surface area contributed by atoms with Crippen LogP contribution in [-0.2, 0) is 9.84 Å². The topological polar surface area (TPSA) is 46.2 Å². The Morgan fingerprint density at radius 2 is 1.75 bits per heavy atom. The van der Waals surface area contributed by atoms with Gasteiger partial charge in [0.15, 0.2) is 9.84 Å². The first-order valence-electron chi connectivity index (χ1n) is 6.22. The van der Waals surface area contributed by atoms with Gasteiger partial charge >= 0.3 is 0 Å². The fourth-order valence-corrected chi connectivity index (χ4v) is 2.81. The Bertz CT molecular complexity index is 316. The van der Waals surface area contributed by atoms with E-state index in [0.717, 1.165) is 6.54 Å². The summed E-state index contributed by atoms with van der Waals surface area (Å²) in [5, 5.41) is 3.05. The molecule has 0 unspecified atom stereocenters. The lowest BCUT2D eigenvalue weighted by atomic mass is 9.92. The standard InChI is InChI=1S/C12H25NO2S/c1-10(2)12(5-6-12)9-13-7-8-16(14,15)11(3)4/h10-11,13H,5-9H2,1-4H3. The lowest BCUT2D eigenvalue weighted by Crippen LogP contribution is -2.32. The molecule has 0 aliphatic heterocycles. The Morgan fingerprint density at radius 3 is 2.12 bits per heavy atom. The van der Waals surface area contributed by atoms with Gasteiger partial charge in [-0.15, -0.1) is 0 Å². The minimum absolute atomic E-state index is 0.255. The molecule has 0 aromatic rings. The minimum Gasteiger partial charge on any atom is -0.315 e. The van der Waals surface area contributed by atoms with Crippen molar-refractivity contribution in [2.45, 2.75) is 45.8 Å². The van der Waals surface area contributed by atoms with Gasteiger partial charge in [-0.3, -0.25) is 0 Å². The summed E-state index contributed by atoms with van der Waals surface area (Å²) in [4.78, 5) is 0. The van der Waals surface area contributed by atoms with Crippen LogP contribution in [0.15, 0.2) is 0 Å². The van der Waals surface area contributed by atoms with E-state index in [2.05, 4.69) is 19.2 Å². The maximum Gasteiger partial charge on any atom is 0.153 e. The zero-order valence-electron chi connectivity index (χ0n) is 10.9. The zero-order valence-corrected chi connectivity index (χ0v) is 11.7. The SMILES string of the molecule is CC(C)C1(CNCCS(=O)(=O)C(C)C)CC1. The van der Waals surface area contributed by atoms with Crippen molar-refractivity contribution in [3.63, 3.8) is 0 Å². The summed E-state index contributed by atoms with van der Waals surface area (Å²) < 4.78 is 23.1. The number of rotatable bonds is 7. The molecule has 0 heterocycles. The molecule has 1 saturated carbocycles. The van der Waals surface area contributed by atoms with Crippen molar-refractivity contribution in [3.8, 4) is 0 Å². The third-order valence-corrected chi connectivity index (χ3v) is 6.09. The molecule has 1 aliphatic carbocycles. The van der Waals surface area contributed by atoms with Crippen molar-refractivity contribution >= 4 is 9.84 Å². The van der Waals surface area contributed by atoms with Gasteiger partial charge in [-0.2, -0.15) is 0 Å². The highest BCUT2D eigenvalue weighted by Crippen LogP contribution is 2.51. The fraction of sp³-hybridized carbons (Fsp3) is 1.00. The summed E-state index contributed by atoms with van der Waals surface area (Å²) in [7, 11) is -2.88.